The molecule has 0 saturated carbocycles. The predicted octanol–water partition coefficient (Wildman–Crippen LogP) is 3.52. The Morgan fingerprint density at radius 2 is 1.56 bits per heavy atom. The number of anilines is 1. The summed E-state index contributed by atoms with van der Waals surface area (Å²) < 4.78 is 27.1. The van der Waals surface area contributed by atoms with Gasteiger partial charge in [0.25, 0.3) is 0 Å². The van der Waals surface area contributed by atoms with Gasteiger partial charge >= 0.3 is 0 Å². The molecule has 0 fully saturated rings. The predicted molar refractivity (Wildman–Crippen MR) is 60.9 cm³/mol. The minimum Gasteiger partial charge on any atom is -0.398 e. The first-order valence-corrected chi connectivity index (χ1v) is 4.90. The van der Waals surface area contributed by atoms with Crippen LogP contribution in [0.25, 0.3) is 11.1 Å². The highest BCUT2D eigenvalue weighted by molar-refractivity contribution is 5.76. The molecule has 16 heavy (non-hydrogen) atoms. The lowest BCUT2D eigenvalue weighted by Crippen LogP contribution is -1.96. The van der Waals surface area contributed by atoms with Crippen molar-refractivity contribution in [3.63, 3.8) is 0 Å². The molecule has 0 unspecified atom stereocenters. The van der Waals surface area contributed by atoms with E-state index in [0.29, 0.717) is 11.3 Å². The lowest BCUT2D eigenvalue weighted by atomic mass is 10.0. The summed E-state index contributed by atoms with van der Waals surface area (Å²) >= 11 is 0. The normalized spacial score (nSPS) is 10.4. The Bertz CT molecular complexity index is 535. The maximum absolute atomic E-state index is 13.7. The van der Waals surface area contributed by atoms with Crippen molar-refractivity contribution in [2.45, 2.75) is 6.92 Å². The second kappa shape index (κ2) is 3.93. The monoisotopic (exact) mass is 219 g/mol. The highest BCUT2D eigenvalue weighted by atomic mass is 19.2. The zero-order valence-corrected chi connectivity index (χ0v) is 8.80. The summed E-state index contributed by atoms with van der Waals surface area (Å²) in [7, 11) is 0. The van der Waals surface area contributed by atoms with Crippen LogP contribution >= 0.6 is 0 Å². The number of nitrogen functional groups attached to an aromatic ring is 1. The van der Waals surface area contributed by atoms with Gasteiger partial charge in [-0.2, -0.15) is 0 Å². The van der Waals surface area contributed by atoms with Gasteiger partial charge in [0.1, 0.15) is 0 Å². The first-order chi connectivity index (χ1) is 7.61. The molecule has 2 N–H and O–H groups in total. The van der Waals surface area contributed by atoms with Gasteiger partial charge in [-0.1, -0.05) is 30.3 Å². The molecule has 2 rings (SSSR count). The number of hydrogen-bond donors (Lipinski definition) is 1. The topological polar surface area (TPSA) is 26.0 Å². The van der Waals surface area contributed by atoms with Crippen molar-refractivity contribution in [2.75, 3.05) is 5.73 Å². The van der Waals surface area contributed by atoms with Crippen LogP contribution in [0, 0.1) is 18.6 Å². The van der Waals surface area contributed by atoms with E-state index in [1.807, 2.05) is 0 Å². The third-order valence-electron chi connectivity index (χ3n) is 2.53. The van der Waals surface area contributed by atoms with Crippen LogP contribution in [-0.4, -0.2) is 0 Å². The molecule has 0 saturated heterocycles. The van der Waals surface area contributed by atoms with Crippen molar-refractivity contribution in [3.8, 4) is 11.1 Å². The lowest BCUT2D eigenvalue weighted by molar-refractivity contribution is 0.505. The molecule has 0 aliphatic carbocycles. The molecule has 0 spiro atoms. The summed E-state index contributed by atoms with van der Waals surface area (Å²) in [5.41, 5.74) is 7.15. The van der Waals surface area contributed by atoms with E-state index >= 15 is 0 Å². The number of hydrogen-bond acceptors (Lipinski definition) is 1. The van der Waals surface area contributed by atoms with Crippen LogP contribution in [-0.2, 0) is 0 Å². The maximum atomic E-state index is 13.7. The Morgan fingerprint density at radius 3 is 2.25 bits per heavy atom. The molecule has 2 aromatic carbocycles. The Balaban J connectivity index is 2.66. The minimum atomic E-state index is -0.849. The second-order valence-electron chi connectivity index (χ2n) is 3.65. The summed E-state index contributed by atoms with van der Waals surface area (Å²) in [4.78, 5) is 0. The van der Waals surface area contributed by atoms with Gasteiger partial charge in [0, 0.05) is 16.8 Å². The van der Waals surface area contributed by atoms with Gasteiger partial charge in [0.15, 0.2) is 11.6 Å². The van der Waals surface area contributed by atoms with E-state index in [1.165, 1.54) is 6.92 Å². The number of halogens is 2. The molecule has 0 bridgehead atoms. The highest BCUT2D eigenvalue weighted by Crippen LogP contribution is 2.29. The summed E-state index contributed by atoms with van der Waals surface area (Å²) in [5.74, 6) is -1.67. The van der Waals surface area contributed by atoms with Crippen molar-refractivity contribution in [3.05, 3.63) is 53.6 Å². The van der Waals surface area contributed by atoms with Crippen LogP contribution in [0.2, 0.25) is 0 Å². The summed E-state index contributed by atoms with van der Waals surface area (Å²) in [6.45, 7) is 1.52. The SMILES string of the molecule is Cc1ccc(-c2ccccc2N)c(F)c1F. The molecular formula is C13H11F2N. The van der Waals surface area contributed by atoms with E-state index in [9.17, 15) is 8.78 Å². The van der Waals surface area contributed by atoms with Crippen molar-refractivity contribution < 1.29 is 8.78 Å². The fraction of sp³-hybridized carbons (Fsp3) is 0.0769. The summed E-state index contributed by atoms with van der Waals surface area (Å²) in [5, 5.41) is 0. The van der Waals surface area contributed by atoms with Crippen molar-refractivity contribution >= 4 is 5.69 Å². The van der Waals surface area contributed by atoms with Gasteiger partial charge in [-0.05, 0) is 18.6 Å². The number of benzene rings is 2. The average molecular weight is 219 g/mol. The van der Waals surface area contributed by atoms with Crippen LogP contribution in [0.4, 0.5) is 14.5 Å². The van der Waals surface area contributed by atoms with Crippen molar-refractivity contribution in [1.29, 1.82) is 0 Å². The van der Waals surface area contributed by atoms with Crippen molar-refractivity contribution in [2.24, 2.45) is 0 Å². The van der Waals surface area contributed by atoms with E-state index in [2.05, 4.69) is 0 Å². The molecule has 0 atom stereocenters. The van der Waals surface area contributed by atoms with Crippen LogP contribution in [0.3, 0.4) is 0 Å². The molecule has 0 heterocycles. The molecule has 2 aromatic rings. The van der Waals surface area contributed by atoms with Gasteiger partial charge in [-0.15, -0.1) is 0 Å². The van der Waals surface area contributed by atoms with E-state index in [-0.39, 0.29) is 11.1 Å². The van der Waals surface area contributed by atoms with Crippen LogP contribution in [0.1, 0.15) is 5.56 Å². The maximum Gasteiger partial charge on any atom is 0.166 e. The molecule has 82 valence electrons. The number of para-hydroxylation sites is 1. The fourth-order valence-electron chi connectivity index (χ4n) is 1.60. The largest absolute Gasteiger partial charge is 0.398 e. The minimum absolute atomic E-state index is 0.196. The van der Waals surface area contributed by atoms with Crippen LogP contribution in [0.15, 0.2) is 36.4 Å². The number of aryl methyl sites for hydroxylation is 1. The van der Waals surface area contributed by atoms with E-state index in [4.69, 9.17) is 5.73 Å². The van der Waals surface area contributed by atoms with Gasteiger partial charge in [-0.3, -0.25) is 0 Å². The van der Waals surface area contributed by atoms with Crippen LogP contribution < -0.4 is 5.73 Å². The number of nitrogens with two attached hydrogens (primary N) is 1. The standard InChI is InChI=1S/C13H11F2N/c1-8-6-7-10(13(15)12(8)14)9-4-2-3-5-11(9)16/h2-7H,16H2,1H3. The molecule has 0 aliphatic rings. The quantitative estimate of drug-likeness (QED) is 0.729. The lowest BCUT2D eigenvalue weighted by Gasteiger charge is -2.08. The third kappa shape index (κ3) is 1.65. The molecule has 0 aromatic heterocycles. The average Bonchev–Trinajstić information content (AvgIpc) is 2.28. The van der Waals surface area contributed by atoms with Crippen LogP contribution in [0.5, 0.6) is 0 Å². The first-order valence-electron chi connectivity index (χ1n) is 4.90. The third-order valence-corrected chi connectivity index (χ3v) is 2.53. The fourth-order valence-corrected chi connectivity index (χ4v) is 1.60. The number of rotatable bonds is 1. The molecule has 3 heteroatoms. The van der Waals surface area contributed by atoms with E-state index in [0.717, 1.165) is 0 Å². The first kappa shape index (κ1) is 10.6. The summed E-state index contributed by atoms with van der Waals surface area (Å²) in [6, 6.07) is 9.90. The zero-order valence-electron chi connectivity index (χ0n) is 8.80. The Morgan fingerprint density at radius 1 is 0.875 bits per heavy atom. The molecular weight excluding hydrogens is 208 g/mol. The van der Waals surface area contributed by atoms with E-state index in [1.54, 1.807) is 36.4 Å². The molecule has 1 nitrogen and oxygen atoms in total. The highest BCUT2D eigenvalue weighted by Gasteiger charge is 2.13. The van der Waals surface area contributed by atoms with Crippen molar-refractivity contribution in [1.82, 2.24) is 0 Å². The molecule has 0 aliphatic heterocycles. The van der Waals surface area contributed by atoms with Gasteiger partial charge in [0.2, 0.25) is 0 Å². The Labute approximate surface area is 92.5 Å². The summed E-state index contributed by atoms with van der Waals surface area (Å²) in [6.07, 6.45) is 0. The Hall–Kier alpha value is -1.90. The smallest absolute Gasteiger partial charge is 0.166 e. The van der Waals surface area contributed by atoms with Gasteiger partial charge in [0.05, 0.1) is 0 Å². The van der Waals surface area contributed by atoms with Gasteiger partial charge < -0.3 is 5.73 Å². The zero-order chi connectivity index (χ0) is 11.7. The molecule has 0 radical (unpaired) electrons. The second-order valence-corrected chi connectivity index (χ2v) is 3.65. The van der Waals surface area contributed by atoms with E-state index < -0.39 is 11.6 Å². The van der Waals surface area contributed by atoms with Gasteiger partial charge in [-0.25, -0.2) is 8.78 Å². The Kier molecular flexibility index (Phi) is 2.60. The molecule has 0 amide bonds.